The van der Waals surface area contributed by atoms with E-state index < -0.39 is 0 Å². The Kier molecular flexibility index (Phi) is 5.22. The Labute approximate surface area is 105 Å². The van der Waals surface area contributed by atoms with E-state index in [4.69, 9.17) is 0 Å². The van der Waals surface area contributed by atoms with Gasteiger partial charge in [0.15, 0.2) is 0 Å². The van der Waals surface area contributed by atoms with Crippen LogP contribution in [0.1, 0.15) is 37.7 Å². The molecule has 3 heteroatoms. The maximum atomic E-state index is 9.28. The van der Waals surface area contributed by atoms with Gasteiger partial charge in [-0.25, -0.2) is 0 Å². The maximum Gasteiger partial charge on any atom is 0.0587 e. The molecule has 0 bridgehead atoms. The molecule has 0 amide bonds. The molecule has 3 nitrogen and oxygen atoms in total. The van der Waals surface area contributed by atoms with E-state index in [1.807, 2.05) is 0 Å². The minimum absolute atomic E-state index is 0.180. The lowest BCUT2D eigenvalue weighted by molar-refractivity contribution is 0.210. The van der Waals surface area contributed by atoms with Gasteiger partial charge in [-0.2, -0.15) is 0 Å². The summed E-state index contributed by atoms with van der Waals surface area (Å²) in [5.41, 5.74) is 3.98. The number of nitrogens with one attached hydrogen (secondary N) is 1. The molecule has 0 radical (unpaired) electrons. The Balaban J connectivity index is 2.69. The molecular formula is C14H26N2O. The molecule has 0 aliphatic carbocycles. The number of aromatic nitrogens is 1. The fourth-order valence-corrected chi connectivity index (χ4v) is 2.29. The summed E-state index contributed by atoms with van der Waals surface area (Å²) in [4.78, 5) is 0. The molecule has 0 saturated carbocycles. The van der Waals surface area contributed by atoms with Crippen LogP contribution in [0.5, 0.6) is 0 Å². The molecule has 0 spiro atoms. The fraction of sp³-hybridized carbons (Fsp3) is 0.714. The quantitative estimate of drug-likeness (QED) is 0.797. The van der Waals surface area contributed by atoms with Crippen LogP contribution in [0.2, 0.25) is 0 Å². The third kappa shape index (κ3) is 3.33. The van der Waals surface area contributed by atoms with E-state index in [0.29, 0.717) is 5.92 Å². The van der Waals surface area contributed by atoms with Gasteiger partial charge < -0.3 is 15.0 Å². The summed E-state index contributed by atoms with van der Waals surface area (Å²) in [6.45, 7) is 12.8. The van der Waals surface area contributed by atoms with Gasteiger partial charge in [-0.1, -0.05) is 13.8 Å². The molecule has 98 valence electrons. The Morgan fingerprint density at radius 3 is 2.41 bits per heavy atom. The van der Waals surface area contributed by atoms with Crippen LogP contribution in [0.3, 0.4) is 0 Å². The van der Waals surface area contributed by atoms with Crippen molar-refractivity contribution in [3.8, 4) is 0 Å². The van der Waals surface area contributed by atoms with Crippen molar-refractivity contribution in [3.63, 3.8) is 0 Å². The van der Waals surface area contributed by atoms with E-state index in [-0.39, 0.29) is 12.6 Å². The summed E-state index contributed by atoms with van der Waals surface area (Å²) >= 11 is 0. The standard InChI is InChI=1S/C14H26N2O/c1-6-16-11(4)7-13(12(16)5)8-15-14(9-17)10(2)3/h7,10,14-15,17H,6,8-9H2,1-5H3/t14-/m1/s1. The van der Waals surface area contributed by atoms with Crippen molar-refractivity contribution in [2.75, 3.05) is 6.61 Å². The van der Waals surface area contributed by atoms with E-state index in [1.165, 1.54) is 17.0 Å². The van der Waals surface area contributed by atoms with E-state index in [2.05, 4.69) is 50.6 Å². The number of aliphatic hydroxyl groups excluding tert-OH is 1. The van der Waals surface area contributed by atoms with Crippen LogP contribution in [0.25, 0.3) is 0 Å². The molecule has 0 saturated heterocycles. The second kappa shape index (κ2) is 6.22. The van der Waals surface area contributed by atoms with E-state index in [9.17, 15) is 5.11 Å². The largest absolute Gasteiger partial charge is 0.395 e. The van der Waals surface area contributed by atoms with E-state index >= 15 is 0 Å². The first-order valence-corrected chi connectivity index (χ1v) is 6.51. The predicted octanol–water partition coefficient (Wildman–Crippen LogP) is 2.23. The lowest BCUT2D eigenvalue weighted by Gasteiger charge is -2.20. The minimum atomic E-state index is 0.180. The molecule has 0 aliphatic heterocycles. The summed E-state index contributed by atoms with van der Waals surface area (Å²) in [5.74, 6) is 0.453. The molecule has 2 N–H and O–H groups in total. The summed E-state index contributed by atoms with van der Waals surface area (Å²) in [6, 6.07) is 2.42. The average Bonchev–Trinajstić information content (AvgIpc) is 2.54. The van der Waals surface area contributed by atoms with Crippen molar-refractivity contribution < 1.29 is 5.11 Å². The van der Waals surface area contributed by atoms with Crippen LogP contribution in [0, 0.1) is 19.8 Å². The zero-order chi connectivity index (χ0) is 13.0. The minimum Gasteiger partial charge on any atom is -0.395 e. The fourth-order valence-electron chi connectivity index (χ4n) is 2.29. The highest BCUT2D eigenvalue weighted by atomic mass is 16.3. The van der Waals surface area contributed by atoms with Crippen LogP contribution in [0.15, 0.2) is 6.07 Å². The SMILES string of the molecule is CCn1c(C)cc(CN[C@H](CO)C(C)C)c1C. The van der Waals surface area contributed by atoms with Gasteiger partial charge in [0.05, 0.1) is 6.61 Å². The van der Waals surface area contributed by atoms with Gasteiger partial charge in [0.2, 0.25) is 0 Å². The molecule has 1 aromatic heterocycles. The smallest absolute Gasteiger partial charge is 0.0587 e. The highest BCUT2D eigenvalue weighted by Gasteiger charge is 2.13. The molecule has 1 rings (SSSR count). The normalized spacial score (nSPS) is 13.4. The number of hydrogen-bond donors (Lipinski definition) is 2. The molecule has 17 heavy (non-hydrogen) atoms. The third-order valence-corrected chi connectivity index (χ3v) is 3.55. The van der Waals surface area contributed by atoms with Gasteiger partial charge in [0.1, 0.15) is 0 Å². The number of nitrogens with zero attached hydrogens (tertiary/aromatic N) is 1. The van der Waals surface area contributed by atoms with Gasteiger partial charge in [-0.3, -0.25) is 0 Å². The summed E-state index contributed by atoms with van der Waals surface area (Å²) in [7, 11) is 0. The Morgan fingerprint density at radius 1 is 1.35 bits per heavy atom. The average molecular weight is 238 g/mol. The number of aliphatic hydroxyl groups is 1. The topological polar surface area (TPSA) is 37.2 Å². The van der Waals surface area contributed by atoms with E-state index in [1.54, 1.807) is 0 Å². The molecule has 0 aliphatic rings. The second-order valence-electron chi connectivity index (χ2n) is 5.05. The summed E-state index contributed by atoms with van der Waals surface area (Å²) in [6.07, 6.45) is 0. The van der Waals surface area contributed by atoms with Gasteiger partial charge in [-0.15, -0.1) is 0 Å². The molecule has 1 atom stereocenters. The molecular weight excluding hydrogens is 212 g/mol. The Morgan fingerprint density at radius 2 is 2.00 bits per heavy atom. The number of rotatable bonds is 6. The molecule has 0 fully saturated rings. The van der Waals surface area contributed by atoms with Crippen molar-refractivity contribution in [1.82, 2.24) is 9.88 Å². The monoisotopic (exact) mass is 238 g/mol. The lowest BCUT2D eigenvalue weighted by Crippen LogP contribution is -2.36. The molecule has 1 heterocycles. The van der Waals surface area contributed by atoms with Crippen LogP contribution in [0.4, 0.5) is 0 Å². The summed E-state index contributed by atoms with van der Waals surface area (Å²) < 4.78 is 2.32. The zero-order valence-corrected chi connectivity index (χ0v) is 11.7. The number of aryl methyl sites for hydroxylation is 1. The van der Waals surface area contributed by atoms with Gasteiger partial charge in [0, 0.05) is 30.5 Å². The second-order valence-corrected chi connectivity index (χ2v) is 5.05. The maximum absolute atomic E-state index is 9.28. The first-order valence-electron chi connectivity index (χ1n) is 6.51. The molecule has 0 aromatic carbocycles. The third-order valence-electron chi connectivity index (χ3n) is 3.55. The predicted molar refractivity (Wildman–Crippen MR) is 72.1 cm³/mol. The van der Waals surface area contributed by atoms with E-state index in [0.717, 1.165) is 13.1 Å². The van der Waals surface area contributed by atoms with Crippen molar-refractivity contribution in [2.24, 2.45) is 5.92 Å². The van der Waals surface area contributed by atoms with Crippen LogP contribution < -0.4 is 5.32 Å². The van der Waals surface area contributed by atoms with Crippen molar-refractivity contribution in [2.45, 2.75) is 53.8 Å². The zero-order valence-electron chi connectivity index (χ0n) is 11.7. The van der Waals surface area contributed by atoms with Gasteiger partial charge in [-0.05, 0) is 38.3 Å². The molecule has 1 aromatic rings. The highest BCUT2D eigenvalue weighted by Crippen LogP contribution is 2.15. The van der Waals surface area contributed by atoms with Gasteiger partial charge in [0.25, 0.3) is 0 Å². The first kappa shape index (κ1) is 14.3. The van der Waals surface area contributed by atoms with Crippen molar-refractivity contribution >= 4 is 0 Å². The van der Waals surface area contributed by atoms with Crippen LogP contribution in [-0.2, 0) is 13.1 Å². The summed E-state index contributed by atoms with van der Waals surface area (Å²) in [5, 5.41) is 12.7. The highest BCUT2D eigenvalue weighted by molar-refractivity contribution is 5.26. The van der Waals surface area contributed by atoms with Crippen LogP contribution in [-0.4, -0.2) is 22.3 Å². The first-order chi connectivity index (χ1) is 8.01. The number of hydrogen-bond acceptors (Lipinski definition) is 2. The van der Waals surface area contributed by atoms with Crippen LogP contribution >= 0.6 is 0 Å². The lowest BCUT2D eigenvalue weighted by atomic mass is 10.1. The Bertz CT molecular complexity index is 355. The van der Waals surface area contributed by atoms with Crippen molar-refractivity contribution in [1.29, 1.82) is 0 Å². The van der Waals surface area contributed by atoms with Crippen molar-refractivity contribution in [3.05, 3.63) is 23.0 Å². The Hall–Kier alpha value is -0.800. The molecule has 0 unspecified atom stereocenters. The van der Waals surface area contributed by atoms with Gasteiger partial charge >= 0.3 is 0 Å².